The zero-order valence-corrected chi connectivity index (χ0v) is 11.7. The van der Waals surface area contributed by atoms with Crippen LogP contribution in [0.2, 0.25) is 0 Å². The highest BCUT2D eigenvalue weighted by Gasteiger charge is 2.17. The largest absolute Gasteiger partial charge is 0.392 e. The van der Waals surface area contributed by atoms with Gasteiger partial charge in [0.2, 0.25) is 0 Å². The molecule has 0 fully saturated rings. The molecular formula is C17H18N2O2. The standard InChI is InChI=1S/C17H18N2O2/c20-11-12-5-1-2-8-15(12)19-17(21)14-6-3-9-16-13(14)7-4-10-18-16/h1-3,5-6,8-9,18,20H,4,7,10-11H2,(H,19,21). The molecule has 4 nitrogen and oxygen atoms in total. The van der Waals surface area contributed by atoms with Gasteiger partial charge >= 0.3 is 0 Å². The van der Waals surface area contributed by atoms with E-state index in [1.807, 2.05) is 30.3 Å². The third kappa shape index (κ3) is 2.76. The molecule has 3 N–H and O–H groups in total. The van der Waals surface area contributed by atoms with Crippen molar-refractivity contribution in [2.45, 2.75) is 19.4 Å². The summed E-state index contributed by atoms with van der Waals surface area (Å²) in [6.07, 6.45) is 1.94. The average molecular weight is 282 g/mol. The Kier molecular flexibility index (Phi) is 3.88. The average Bonchev–Trinajstić information content (AvgIpc) is 2.54. The van der Waals surface area contributed by atoms with Crippen molar-refractivity contribution in [3.05, 3.63) is 59.2 Å². The Hall–Kier alpha value is -2.33. The SMILES string of the molecule is O=C(Nc1ccccc1CO)c1cccc2c1CCCN2. The van der Waals surface area contributed by atoms with Gasteiger partial charge < -0.3 is 15.7 Å². The number of aliphatic hydroxyl groups excluding tert-OH is 1. The van der Waals surface area contributed by atoms with Crippen LogP contribution in [-0.2, 0) is 13.0 Å². The first-order valence-corrected chi connectivity index (χ1v) is 7.15. The second-order valence-corrected chi connectivity index (χ2v) is 5.13. The van der Waals surface area contributed by atoms with E-state index in [1.165, 1.54) is 0 Å². The third-order valence-corrected chi connectivity index (χ3v) is 3.78. The molecule has 0 aliphatic carbocycles. The van der Waals surface area contributed by atoms with Crippen LogP contribution in [0.25, 0.3) is 0 Å². The molecule has 108 valence electrons. The van der Waals surface area contributed by atoms with E-state index in [2.05, 4.69) is 10.6 Å². The number of carbonyl (C=O) groups excluding carboxylic acids is 1. The van der Waals surface area contributed by atoms with Crippen molar-refractivity contribution < 1.29 is 9.90 Å². The molecule has 21 heavy (non-hydrogen) atoms. The third-order valence-electron chi connectivity index (χ3n) is 3.78. The lowest BCUT2D eigenvalue weighted by Crippen LogP contribution is -2.19. The van der Waals surface area contributed by atoms with E-state index < -0.39 is 0 Å². The van der Waals surface area contributed by atoms with Crippen molar-refractivity contribution >= 4 is 17.3 Å². The van der Waals surface area contributed by atoms with Crippen molar-refractivity contribution in [3.63, 3.8) is 0 Å². The van der Waals surface area contributed by atoms with Gasteiger partial charge in [0.1, 0.15) is 0 Å². The lowest BCUT2D eigenvalue weighted by molar-refractivity contribution is 0.102. The summed E-state index contributed by atoms with van der Waals surface area (Å²) in [7, 11) is 0. The molecule has 2 aromatic carbocycles. The molecule has 1 heterocycles. The minimum Gasteiger partial charge on any atom is -0.392 e. The Balaban J connectivity index is 1.89. The molecule has 0 saturated heterocycles. The quantitative estimate of drug-likeness (QED) is 0.811. The summed E-state index contributed by atoms with van der Waals surface area (Å²) >= 11 is 0. The molecule has 0 aromatic heterocycles. The van der Waals surface area contributed by atoms with Gasteiger partial charge in [0, 0.05) is 29.0 Å². The molecule has 0 unspecified atom stereocenters. The summed E-state index contributed by atoms with van der Waals surface area (Å²) in [4.78, 5) is 12.5. The van der Waals surface area contributed by atoms with Crippen LogP contribution >= 0.6 is 0 Å². The first-order valence-electron chi connectivity index (χ1n) is 7.15. The molecule has 0 spiro atoms. The monoisotopic (exact) mass is 282 g/mol. The predicted octanol–water partition coefficient (Wildman–Crippen LogP) is 2.79. The summed E-state index contributed by atoms with van der Waals surface area (Å²) in [6, 6.07) is 13.0. The molecular weight excluding hydrogens is 264 g/mol. The molecule has 0 radical (unpaired) electrons. The van der Waals surface area contributed by atoms with Crippen LogP contribution in [0.4, 0.5) is 11.4 Å². The van der Waals surface area contributed by atoms with Crippen molar-refractivity contribution in [1.29, 1.82) is 0 Å². The lowest BCUT2D eigenvalue weighted by Gasteiger charge is -2.20. The summed E-state index contributed by atoms with van der Waals surface area (Å²) < 4.78 is 0. The number of aliphatic hydroxyl groups is 1. The Morgan fingerprint density at radius 1 is 1.19 bits per heavy atom. The number of fused-ring (bicyclic) bond motifs is 1. The van der Waals surface area contributed by atoms with Crippen LogP contribution in [0.15, 0.2) is 42.5 Å². The van der Waals surface area contributed by atoms with E-state index in [9.17, 15) is 9.90 Å². The van der Waals surface area contributed by atoms with Gasteiger partial charge in [-0.15, -0.1) is 0 Å². The lowest BCUT2D eigenvalue weighted by atomic mass is 9.97. The topological polar surface area (TPSA) is 61.4 Å². The van der Waals surface area contributed by atoms with E-state index in [0.717, 1.165) is 30.6 Å². The van der Waals surface area contributed by atoms with Gasteiger partial charge in [0.05, 0.1) is 6.61 Å². The first kappa shape index (κ1) is 13.6. The highest BCUT2D eigenvalue weighted by molar-refractivity contribution is 6.06. The number of amides is 1. The molecule has 0 saturated carbocycles. The maximum Gasteiger partial charge on any atom is 0.256 e. The highest BCUT2D eigenvalue weighted by Crippen LogP contribution is 2.26. The van der Waals surface area contributed by atoms with Crippen LogP contribution in [0, 0.1) is 0 Å². The van der Waals surface area contributed by atoms with Crippen molar-refractivity contribution in [2.24, 2.45) is 0 Å². The maximum absolute atomic E-state index is 12.5. The molecule has 2 aromatic rings. The predicted molar refractivity (Wildman–Crippen MR) is 83.6 cm³/mol. The highest BCUT2D eigenvalue weighted by atomic mass is 16.3. The number of benzene rings is 2. The second kappa shape index (κ2) is 5.97. The van der Waals surface area contributed by atoms with Crippen LogP contribution in [0.1, 0.15) is 27.9 Å². The molecule has 0 bridgehead atoms. The Morgan fingerprint density at radius 2 is 2.05 bits per heavy atom. The Labute approximate surface area is 123 Å². The van der Waals surface area contributed by atoms with E-state index in [1.54, 1.807) is 12.1 Å². The number of hydrogen-bond donors (Lipinski definition) is 3. The molecule has 1 aliphatic heterocycles. The van der Waals surface area contributed by atoms with Gasteiger partial charge in [0.15, 0.2) is 0 Å². The molecule has 3 rings (SSSR count). The second-order valence-electron chi connectivity index (χ2n) is 5.13. The summed E-state index contributed by atoms with van der Waals surface area (Å²) in [5.41, 5.74) is 4.19. The Bertz CT molecular complexity index is 668. The van der Waals surface area contributed by atoms with Crippen LogP contribution in [0.3, 0.4) is 0 Å². The smallest absolute Gasteiger partial charge is 0.256 e. The Morgan fingerprint density at radius 3 is 2.90 bits per heavy atom. The fourth-order valence-electron chi connectivity index (χ4n) is 2.69. The number of para-hydroxylation sites is 1. The van der Waals surface area contributed by atoms with Crippen molar-refractivity contribution in [2.75, 3.05) is 17.2 Å². The number of anilines is 2. The van der Waals surface area contributed by atoms with Gasteiger partial charge in [0.25, 0.3) is 5.91 Å². The zero-order valence-electron chi connectivity index (χ0n) is 11.7. The minimum atomic E-state index is -0.128. The zero-order chi connectivity index (χ0) is 14.7. The summed E-state index contributed by atoms with van der Waals surface area (Å²) in [5, 5.41) is 15.6. The van der Waals surface area contributed by atoms with Crippen LogP contribution < -0.4 is 10.6 Å². The van der Waals surface area contributed by atoms with Crippen molar-refractivity contribution in [3.8, 4) is 0 Å². The normalized spacial score (nSPS) is 13.2. The number of rotatable bonds is 3. The van der Waals surface area contributed by atoms with Gasteiger partial charge in [-0.3, -0.25) is 4.79 Å². The number of hydrogen-bond acceptors (Lipinski definition) is 3. The van der Waals surface area contributed by atoms with E-state index in [0.29, 0.717) is 16.8 Å². The number of nitrogens with one attached hydrogen (secondary N) is 2. The molecule has 0 atom stereocenters. The fraction of sp³-hybridized carbons (Fsp3) is 0.235. The van der Waals surface area contributed by atoms with E-state index >= 15 is 0 Å². The fourth-order valence-corrected chi connectivity index (χ4v) is 2.69. The van der Waals surface area contributed by atoms with Crippen molar-refractivity contribution in [1.82, 2.24) is 0 Å². The van der Waals surface area contributed by atoms with E-state index in [-0.39, 0.29) is 12.5 Å². The maximum atomic E-state index is 12.5. The number of carbonyl (C=O) groups is 1. The van der Waals surface area contributed by atoms with E-state index in [4.69, 9.17) is 0 Å². The molecule has 1 amide bonds. The van der Waals surface area contributed by atoms with Gasteiger partial charge in [-0.05, 0) is 36.6 Å². The van der Waals surface area contributed by atoms with Gasteiger partial charge in [-0.2, -0.15) is 0 Å². The van der Waals surface area contributed by atoms with Gasteiger partial charge in [-0.1, -0.05) is 24.3 Å². The van der Waals surface area contributed by atoms with Gasteiger partial charge in [-0.25, -0.2) is 0 Å². The summed E-state index contributed by atoms with van der Waals surface area (Å²) in [5.74, 6) is -0.128. The molecule has 4 heteroatoms. The minimum absolute atomic E-state index is 0.0924. The van der Waals surface area contributed by atoms with Crippen LogP contribution in [-0.4, -0.2) is 17.6 Å². The first-order chi connectivity index (χ1) is 10.3. The molecule has 1 aliphatic rings. The summed E-state index contributed by atoms with van der Waals surface area (Å²) in [6.45, 7) is 0.857. The van der Waals surface area contributed by atoms with Crippen LogP contribution in [0.5, 0.6) is 0 Å².